The molecule has 0 aliphatic rings. The normalized spacial score (nSPS) is 13.8. The highest BCUT2D eigenvalue weighted by molar-refractivity contribution is 5.93. The minimum absolute atomic E-state index is 0.0671. The summed E-state index contributed by atoms with van der Waals surface area (Å²) in [6.45, 7) is 2.53. The zero-order valence-corrected chi connectivity index (χ0v) is 13.6. The number of rotatable bonds is 7. The molecule has 6 heteroatoms. The molecule has 1 amide bonds. The van der Waals surface area contributed by atoms with E-state index in [-0.39, 0.29) is 17.9 Å². The molecule has 1 aromatic carbocycles. The quantitative estimate of drug-likeness (QED) is 0.695. The van der Waals surface area contributed by atoms with Crippen LogP contribution in [-0.4, -0.2) is 23.7 Å². The molecule has 0 spiro atoms. The van der Waals surface area contributed by atoms with Crippen LogP contribution in [0.2, 0.25) is 0 Å². The highest BCUT2D eigenvalue weighted by Gasteiger charge is 2.19. The van der Waals surface area contributed by atoms with E-state index in [2.05, 4.69) is 21.1 Å². The van der Waals surface area contributed by atoms with Gasteiger partial charge in [0.1, 0.15) is 11.8 Å². The fourth-order valence-electron chi connectivity index (χ4n) is 2.94. The fourth-order valence-corrected chi connectivity index (χ4v) is 2.94. The number of nitrogens with two attached hydrogens (primary N) is 1. The van der Waals surface area contributed by atoms with Crippen molar-refractivity contribution in [3.8, 4) is 0 Å². The van der Waals surface area contributed by atoms with Crippen molar-refractivity contribution in [1.29, 1.82) is 0 Å². The molecule has 3 rings (SSSR count). The number of furan rings is 1. The van der Waals surface area contributed by atoms with Gasteiger partial charge in [0.05, 0.1) is 18.0 Å². The lowest BCUT2D eigenvalue weighted by Crippen LogP contribution is -2.27. The van der Waals surface area contributed by atoms with E-state index in [4.69, 9.17) is 10.2 Å². The van der Waals surface area contributed by atoms with Crippen LogP contribution in [0.5, 0.6) is 0 Å². The number of para-hydroxylation sites is 1. The van der Waals surface area contributed by atoms with Gasteiger partial charge in [0.15, 0.2) is 0 Å². The molecule has 3 aromatic rings. The summed E-state index contributed by atoms with van der Waals surface area (Å²) in [5.74, 6) is 0.0317. The lowest BCUT2D eigenvalue weighted by molar-refractivity contribution is 0.0951. The van der Waals surface area contributed by atoms with Gasteiger partial charge in [-0.05, 0) is 31.7 Å². The molecule has 0 radical (unpaired) electrons. The predicted molar refractivity (Wildman–Crippen MR) is 90.7 cm³/mol. The first kappa shape index (κ1) is 16.3. The molecular formula is C18H21N3O3. The Morgan fingerprint density at radius 3 is 2.92 bits per heavy atom. The Morgan fingerprint density at radius 2 is 2.17 bits per heavy atom. The second-order valence-electron chi connectivity index (χ2n) is 6.05. The maximum absolute atomic E-state index is 12.0. The average molecular weight is 327 g/mol. The van der Waals surface area contributed by atoms with Crippen LogP contribution in [0.3, 0.4) is 0 Å². The predicted octanol–water partition coefficient (Wildman–Crippen LogP) is 3.06. The Bertz CT molecular complexity index is 793. The van der Waals surface area contributed by atoms with E-state index in [0.717, 1.165) is 29.4 Å². The lowest BCUT2D eigenvalue weighted by atomic mass is 9.89. The van der Waals surface area contributed by atoms with Gasteiger partial charge < -0.3 is 20.0 Å². The van der Waals surface area contributed by atoms with Crippen LogP contribution in [0.25, 0.3) is 11.0 Å². The van der Waals surface area contributed by atoms with E-state index < -0.39 is 0 Å². The van der Waals surface area contributed by atoms with Crippen LogP contribution < -0.4 is 11.1 Å². The number of hydrogen-bond acceptors (Lipinski definition) is 5. The molecule has 2 aromatic heterocycles. The van der Waals surface area contributed by atoms with Crippen molar-refractivity contribution in [2.75, 3.05) is 6.54 Å². The topological polar surface area (TPSA) is 94.3 Å². The number of carbonyl (C=O) groups is 1. The summed E-state index contributed by atoms with van der Waals surface area (Å²) in [4.78, 5) is 12.0. The summed E-state index contributed by atoms with van der Waals surface area (Å²) in [5.41, 5.74) is 8.45. The SMILES string of the molecule is CC(N)CC(CCNC(=O)c1cnoc1)c1coc2ccccc12. The van der Waals surface area contributed by atoms with Crippen LogP contribution >= 0.6 is 0 Å². The van der Waals surface area contributed by atoms with E-state index >= 15 is 0 Å². The molecular weight excluding hydrogens is 306 g/mol. The Hall–Kier alpha value is -2.60. The molecule has 2 heterocycles. The van der Waals surface area contributed by atoms with Crippen molar-refractivity contribution in [2.45, 2.75) is 31.7 Å². The maximum atomic E-state index is 12.0. The first-order valence-electron chi connectivity index (χ1n) is 8.04. The highest BCUT2D eigenvalue weighted by atomic mass is 16.5. The van der Waals surface area contributed by atoms with Crippen molar-refractivity contribution in [3.63, 3.8) is 0 Å². The number of benzene rings is 1. The highest BCUT2D eigenvalue weighted by Crippen LogP contribution is 2.32. The van der Waals surface area contributed by atoms with E-state index in [1.165, 1.54) is 12.5 Å². The van der Waals surface area contributed by atoms with Gasteiger partial charge in [0, 0.05) is 23.5 Å². The van der Waals surface area contributed by atoms with Gasteiger partial charge in [-0.15, -0.1) is 0 Å². The van der Waals surface area contributed by atoms with Gasteiger partial charge in [-0.25, -0.2) is 0 Å². The number of nitrogens with one attached hydrogen (secondary N) is 1. The van der Waals surface area contributed by atoms with Crippen LogP contribution in [0.4, 0.5) is 0 Å². The maximum Gasteiger partial charge on any atom is 0.256 e. The summed E-state index contributed by atoms with van der Waals surface area (Å²) in [7, 11) is 0. The fraction of sp³-hybridized carbons (Fsp3) is 0.333. The van der Waals surface area contributed by atoms with Gasteiger partial charge in [0.2, 0.25) is 0 Å². The zero-order chi connectivity index (χ0) is 16.9. The van der Waals surface area contributed by atoms with Gasteiger partial charge >= 0.3 is 0 Å². The van der Waals surface area contributed by atoms with Gasteiger partial charge in [0.25, 0.3) is 5.91 Å². The third kappa shape index (κ3) is 3.65. The molecule has 126 valence electrons. The summed E-state index contributed by atoms with van der Waals surface area (Å²) >= 11 is 0. The molecule has 0 saturated heterocycles. The number of hydrogen-bond donors (Lipinski definition) is 2. The third-order valence-corrected chi connectivity index (χ3v) is 4.08. The molecule has 0 bridgehead atoms. The molecule has 2 unspecified atom stereocenters. The Balaban J connectivity index is 1.69. The number of nitrogens with zero attached hydrogens (tertiary/aromatic N) is 1. The first-order valence-corrected chi connectivity index (χ1v) is 8.04. The van der Waals surface area contributed by atoms with Crippen molar-refractivity contribution in [3.05, 3.63) is 54.1 Å². The minimum atomic E-state index is -0.187. The minimum Gasteiger partial charge on any atom is -0.464 e. The standard InChI is InChI=1S/C18H21N3O3/c1-12(19)8-13(6-7-20-18(22)14-9-21-24-10-14)16-11-23-17-5-3-2-4-15(16)17/h2-5,9-13H,6-8,19H2,1H3,(H,20,22). The molecule has 3 N–H and O–H groups in total. The van der Waals surface area contributed by atoms with Crippen molar-refractivity contribution < 1.29 is 13.7 Å². The lowest BCUT2D eigenvalue weighted by Gasteiger charge is -2.18. The van der Waals surface area contributed by atoms with Gasteiger partial charge in [-0.3, -0.25) is 4.79 Å². The number of fused-ring (bicyclic) bond motifs is 1. The van der Waals surface area contributed by atoms with Crippen LogP contribution in [0.15, 0.2) is 51.9 Å². The molecule has 0 aliphatic heterocycles. The van der Waals surface area contributed by atoms with Crippen molar-refractivity contribution in [1.82, 2.24) is 10.5 Å². The number of carbonyl (C=O) groups excluding carboxylic acids is 1. The summed E-state index contributed by atoms with van der Waals surface area (Å²) in [5, 5.41) is 7.53. The Labute approximate surface area is 140 Å². The van der Waals surface area contributed by atoms with Crippen molar-refractivity contribution >= 4 is 16.9 Å². The van der Waals surface area contributed by atoms with Crippen molar-refractivity contribution in [2.24, 2.45) is 5.73 Å². The van der Waals surface area contributed by atoms with Crippen LogP contribution in [0, 0.1) is 0 Å². The Kier molecular flexibility index (Phi) is 4.96. The van der Waals surface area contributed by atoms with Crippen LogP contribution in [0.1, 0.15) is 41.6 Å². The molecule has 0 fully saturated rings. The van der Waals surface area contributed by atoms with E-state index in [9.17, 15) is 4.79 Å². The first-order chi connectivity index (χ1) is 11.6. The summed E-state index contributed by atoms with van der Waals surface area (Å²) < 4.78 is 10.3. The summed E-state index contributed by atoms with van der Waals surface area (Å²) in [6, 6.07) is 8.03. The number of aromatic nitrogens is 1. The smallest absolute Gasteiger partial charge is 0.256 e. The second kappa shape index (κ2) is 7.31. The van der Waals surface area contributed by atoms with Gasteiger partial charge in [-0.2, -0.15) is 0 Å². The molecule has 0 saturated carbocycles. The monoisotopic (exact) mass is 327 g/mol. The van der Waals surface area contributed by atoms with Gasteiger partial charge in [-0.1, -0.05) is 23.4 Å². The second-order valence-corrected chi connectivity index (χ2v) is 6.05. The van der Waals surface area contributed by atoms with E-state index in [1.807, 2.05) is 25.1 Å². The largest absolute Gasteiger partial charge is 0.464 e. The van der Waals surface area contributed by atoms with E-state index in [0.29, 0.717) is 12.1 Å². The summed E-state index contributed by atoms with van der Waals surface area (Å²) in [6.07, 6.45) is 6.14. The zero-order valence-electron chi connectivity index (χ0n) is 13.6. The number of amides is 1. The molecule has 6 nitrogen and oxygen atoms in total. The van der Waals surface area contributed by atoms with E-state index in [1.54, 1.807) is 6.26 Å². The molecule has 0 aliphatic carbocycles. The Morgan fingerprint density at radius 1 is 1.33 bits per heavy atom. The molecule has 2 atom stereocenters. The average Bonchev–Trinajstić information content (AvgIpc) is 3.23. The molecule has 24 heavy (non-hydrogen) atoms. The third-order valence-electron chi connectivity index (χ3n) is 4.08. The van der Waals surface area contributed by atoms with Crippen LogP contribution in [-0.2, 0) is 0 Å².